The molecule has 0 saturated heterocycles. The lowest BCUT2D eigenvalue weighted by Crippen LogP contribution is -2.52. The summed E-state index contributed by atoms with van der Waals surface area (Å²) in [6.45, 7) is 1.29. The molecule has 0 amide bonds. The lowest BCUT2D eigenvalue weighted by Gasteiger charge is -2.47. The van der Waals surface area contributed by atoms with E-state index in [2.05, 4.69) is 23.1 Å². The molecule has 1 aliphatic carbocycles. The third-order valence-electron chi connectivity index (χ3n) is 5.21. The van der Waals surface area contributed by atoms with Crippen molar-refractivity contribution >= 4 is 17.3 Å². The summed E-state index contributed by atoms with van der Waals surface area (Å²) in [5.41, 5.74) is -0.334. The van der Waals surface area contributed by atoms with Gasteiger partial charge < -0.3 is 10.3 Å². The van der Waals surface area contributed by atoms with Gasteiger partial charge in [0.05, 0.1) is 23.9 Å². The Labute approximate surface area is 151 Å². The van der Waals surface area contributed by atoms with Crippen LogP contribution in [0, 0.1) is 56.7 Å². The van der Waals surface area contributed by atoms with Gasteiger partial charge in [-0.3, -0.25) is 0 Å². The molecular formula is C19H16ClN5. The highest BCUT2D eigenvalue weighted by molar-refractivity contribution is 6.31. The molecule has 1 aromatic rings. The topological polar surface area (TPSA) is 98.5 Å². The maximum atomic E-state index is 9.91. The Kier molecular flexibility index (Phi) is 4.36. The molecule has 0 bridgehead atoms. The minimum atomic E-state index is -1.70. The van der Waals surface area contributed by atoms with Crippen molar-refractivity contribution in [2.75, 3.05) is 20.1 Å². The highest BCUT2D eigenvalue weighted by Crippen LogP contribution is 2.54. The van der Waals surface area contributed by atoms with Crippen LogP contribution >= 0.6 is 11.6 Å². The minimum absolute atomic E-state index is 0.142. The van der Waals surface area contributed by atoms with E-state index in [1.54, 1.807) is 12.1 Å². The minimum Gasteiger partial charge on any atom is -0.305 e. The van der Waals surface area contributed by atoms with E-state index in [1.165, 1.54) is 0 Å². The summed E-state index contributed by atoms with van der Waals surface area (Å²) in [4.78, 5) is 2.08. The molecule has 1 N–H and O–H groups in total. The predicted molar refractivity (Wildman–Crippen MR) is 93.8 cm³/mol. The molecular weight excluding hydrogens is 334 g/mol. The first-order valence-corrected chi connectivity index (χ1v) is 8.32. The van der Waals surface area contributed by atoms with Crippen molar-refractivity contribution in [3.8, 4) is 18.2 Å². The molecule has 2 aliphatic rings. The molecule has 1 unspecified atom stereocenters. The number of nitriles is 3. The molecule has 25 heavy (non-hydrogen) atoms. The summed E-state index contributed by atoms with van der Waals surface area (Å²) in [5.74, 6) is -1.63. The van der Waals surface area contributed by atoms with E-state index in [1.807, 2.05) is 25.3 Å². The van der Waals surface area contributed by atoms with Crippen molar-refractivity contribution in [2.24, 2.45) is 17.3 Å². The average Bonchev–Trinajstić information content (AvgIpc) is 2.62. The smallest absolute Gasteiger partial charge is 0.189 e. The van der Waals surface area contributed by atoms with Crippen molar-refractivity contribution in [1.29, 1.82) is 21.2 Å². The molecule has 5 nitrogen and oxygen atoms in total. The molecule has 1 aromatic carbocycles. The van der Waals surface area contributed by atoms with E-state index in [0.717, 1.165) is 5.57 Å². The monoisotopic (exact) mass is 349 g/mol. The van der Waals surface area contributed by atoms with Crippen LogP contribution in [0.5, 0.6) is 0 Å². The lowest BCUT2D eigenvalue weighted by atomic mass is 9.54. The molecule has 1 aliphatic heterocycles. The van der Waals surface area contributed by atoms with E-state index < -0.39 is 17.3 Å². The summed E-state index contributed by atoms with van der Waals surface area (Å²) in [5, 5.41) is 38.4. The molecule has 0 aromatic heterocycles. The standard InChI is InChI=1S/C19H16ClN5/c1-25-7-6-12-14(8-21)18(24)19(10-22,11-23)17(15(12)9-25)13-4-2-3-5-16(13)20/h2-6,14-15,17,24H,7,9H2,1H3/t14?,15-,17+/m1/s1. The van der Waals surface area contributed by atoms with Gasteiger partial charge >= 0.3 is 0 Å². The van der Waals surface area contributed by atoms with Gasteiger partial charge in [0.1, 0.15) is 5.92 Å². The fourth-order valence-electron chi connectivity index (χ4n) is 4.02. The lowest BCUT2D eigenvalue weighted by molar-refractivity contribution is 0.235. The van der Waals surface area contributed by atoms with Crippen LogP contribution in [0.2, 0.25) is 5.02 Å². The molecule has 0 radical (unpaired) electrons. The van der Waals surface area contributed by atoms with Crippen LogP contribution in [0.1, 0.15) is 11.5 Å². The van der Waals surface area contributed by atoms with Crippen LogP contribution in [0.3, 0.4) is 0 Å². The Morgan fingerprint density at radius 1 is 1.24 bits per heavy atom. The number of likely N-dealkylation sites (N-methyl/N-ethyl adjacent to an activating group) is 1. The quantitative estimate of drug-likeness (QED) is 0.787. The zero-order chi connectivity index (χ0) is 18.2. The normalized spacial score (nSPS) is 28.0. The van der Waals surface area contributed by atoms with Gasteiger partial charge in [-0.1, -0.05) is 35.9 Å². The SMILES string of the molecule is CN1CC=C2C(C#N)C(=N)C(C#N)(C#N)[C@@H](c3ccccc3Cl)[C@@H]2C1. The van der Waals surface area contributed by atoms with E-state index in [9.17, 15) is 15.8 Å². The summed E-state index contributed by atoms with van der Waals surface area (Å²) < 4.78 is 0. The zero-order valence-corrected chi connectivity index (χ0v) is 14.5. The van der Waals surface area contributed by atoms with Crippen molar-refractivity contribution in [2.45, 2.75) is 5.92 Å². The highest BCUT2D eigenvalue weighted by Gasteiger charge is 2.57. The second-order valence-electron chi connectivity index (χ2n) is 6.54. The van der Waals surface area contributed by atoms with Crippen LogP contribution in [-0.4, -0.2) is 30.7 Å². The fraction of sp³-hybridized carbons (Fsp3) is 0.368. The van der Waals surface area contributed by atoms with E-state index in [-0.39, 0.29) is 11.6 Å². The Bertz CT molecular complexity index is 868. The molecule has 3 rings (SSSR count). The molecule has 1 heterocycles. The number of rotatable bonds is 1. The zero-order valence-electron chi connectivity index (χ0n) is 13.7. The Morgan fingerprint density at radius 3 is 2.52 bits per heavy atom. The highest BCUT2D eigenvalue weighted by atomic mass is 35.5. The first-order valence-electron chi connectivity index (χ1n) is 7.94. The van der Waals surface area contributed by atoms with Crippen molar-refractivity contribution in [3.05, 3.63) is 46.5 Å². The fourth-order valence-corrected chi connectivity index (χ4v) is 4.28. The first kappa shape index (κ1) is 17.2. The Balaban J connectivity index is 2.30. The number of nitrogens with one attached hydrogen (secondary N) is 1. The second-order valence-corrected chi connectivity index (χ2v) is 6.95. The molecule has 1 fully saturated rings. The average molecular weight is 350 g/mol. The Morgan fingerprint density at radius 2 is 1.92 bits per heavy atom. The molecule has 1 saturated carbocycles. The van der Waals surface area contributed by atoms with Crippen LogP contribution in [0.15, 0.2) is 35.9 Å². The number of hydrogen-bond donors (Lipinski definition) is 1. The van der Waals surface area contributed by atoms with E-state index >= 15 is 0 Å². The number of halogens is 1. The maximum absolute atomic E-state index is 9.91. The molecule has 0 spiro atoms. The van der Waals surface area contributed by atoms with Crippen LogP contribution in [0.4, 0.5) is 0 Å². The van der Waals surface area contributed by atoms with E-state index in [4.69, 9.17) is 17.0 Å². The van der Waals surface area contributed by atoms with Crippen molar-refractivity contribution in [3.63, 3.8) is 0 Å². The van der Waals surface area contributed by atoms with Gasteiger partial charge in [-0.25, -0.2) is 0 Å². The third-order valence-corrected chi connectivity index (χ3v) is 5.56. The molecule has 3 atom stereocenters. The maximum Gasteiger partial charge on any atom is 0.189 e. The number of fused-ring (bicyclic) bond motifs is 1. The number of benzene rings is 1. The van der Waals surface area contributed by atoms with Gasteiger partial charge in [-0.05, 0) is 24.3 Å². The summed E-state index contributed by atoms with van der Waals surface area (Å²) in [6, 6.07) is 13.4. The van der Waals surface area contributed by atoms with E-state index in [0.29, 0.717) is 23.7 Å². The van der Waals surface area contributed by atoms with Gasteiger partial charge in [0.2, 0.25) is 0 Å². The molecule has 124 valence electrons. The van der Waals surface area contributed by atoms with Gasteiger partial charge in [-0.2, -0.15) is 15.8 Å². The largest absolute Gasteiger partial charge is 0.305 e. The van der Waals surface area contributed by atoms with Crippen molar-refractivity contribution in [1.82, 2.24) is 4.90 Å². The second kappa shape index (κ2) is 6.34. The van der Waals surface area contributed by atoms with Crippen LogP contribution in [-0.2, 0) is 0 Å². The van der Waals surface area contributed by atoms with Gasteiger partial charge in [0.15, 0.2) is 5.41 Å². The van der Waals surface area contributed by atoms with Gasteiger partial charge in [0.25, 0.3) is 0 Å². The summed E-state index contributed by atoms with van der Waals surface area (Å²) >= 11 is 6.40. The third kappa shape index (κ3) is 2.43. The Hall–Kier alpha value is -2.65. The number of hydrogen-bond acceptors (Lipinski definition) is 5. The summed E-state index contributed by atoms with van der Waals surface area (Å²) in [6.07, 6.45) is 1.96. The number of nitrogens with zero attached hydrogens (tertiary/aromatic N) is 4. The van der Waals surface area contributed by atoms with Gasteiger partial charge in [0, 0.05) is 29.9 Å². The van der Waals surface area contributed by atoms with Crippen LogP contribution < -0.4 is 0 Å². The van der Waals surface area contributed by atoms with Gasteiger partial charge in [-0.15, -0.1) is 0 Å². The predicted octanol–water partition coefficient (Wildman–Crippen LogP) is 3.12. The van der Waals surface area contributed by atoms with Crippen LogP contribution in [0.25, 0.3) is 0 Å². The van der Waals surface area contributed by atoms with Crippen molar-refractivity contribution < 1.29 is 0 Å². The summed E-state index contributed by atoms with van der Waals surface area (Å²) in [7, 11) is 1.96. The molecule has 6 heteroatoms. The first-order chi connectivity index (χ1) is 12.0.